The number of carbonyl (C=O) groups is 1. The number of nitrogens with zero attached hydrogens (tertiary/aromatic N) is 1. The van der Waals surface area contributed by atoms with Crippen LogP contribution in [0.25, 0.3) is 0 Å². The summed E-state index contributed by atoms with van der Waals surface area (Å²) in [6, 6.07) is 1.17. The molecule has 96 valence electrons. The number of hydrogen-bond donors (Lipinski definition) is 1. The first-order valence-corrected chi connectivity index (χ1v) is 7.08. The van der Waals surface area contributed by atoms with E-state index in [4.69, 9.17) is 0 Å². The monoisotopic (exact) mass is 236 g/mol. The lowest BCUT2D eigenvalue weighted by Crippen LogP contribution is -2.43. The molecule has 1 N–H and O–H groups in total. The van der Waals surface area contributed by atoms with Gasteiger partial charge in [0.05, 0.1) is 5.92 Å². The lowest BCUT2D eigenvalue weighted by Gasteiger charge is -2.36. The molecule has 3 fully saturated rings. The highest BCUT2D eigenvalue weighted by atomic mass is 16.2. The Bertz CT molecular complexity index is 316. The molecular weight excluding hydrogens is 212 g/mol. The third-order valence-electron chi connectivity index (χ3n) is 4.76. The van der Waals surface area contributed by atoms with Crippen LogP contribution in [0.5, 0.6) is 0 Å². The molecule has 0 aromatic rings. The molecule has 3 rings (SSSR count). The van der Waals surface area contributed by atoms with Crippen molar-refractivity contribution in [2.75, 3.05) is 13.1 Å². The smallest absolute Gasteiger partial charge is 0.224 e. The largest absolute Gasteiger partial charge is 0.353 e. The van der Waals surface area contributed by atoms with Crippen LogP contribution in [0.15, 0.2) is 0 Å². The van der Waals surface area contributed by atoms with Gasteiger partial charge in [-0.25, -0.2) is 0 Å². The number of rotatable bonds is 2. The maximum Gasteiger partial charge on any atom is 0.224 e. The van der Waals surface area contributed by atoms with E-state index in [2.05, 4.69) is 24.1 Å². The van der Waals surface area contributed by atoms with Crippen molar-refractivity contribution in [2.24, 2.45) is 11.3 Å². The summed E-state index contributed by atoms with van der Waals surface area (Å²) in [5.74, 6) is 0.596. The summed E-state index contributed by atoms with van der Waals surface area (Å²) in [5.41, 5.74) is 0.414. The zero-order chi connectivity index (χ0) is 12.0. The van der Waals surface area contributed by atoms with Crippen LogP contribution in [-0.2, 0) is 4.79 Å². The van der Waals surface area contributed by atoms with Crippen molar-refractivity contribution in [1.29, 1.82) is 0 Å². The molecule has 0 spiro atoms. The summed E-state index contributed by atoms with van der Waals surface area (Å²) in [7, 11) is 0. The highest BCUT2D eigenvalue weighted by Crippen LogP contribution is 2.36. The van der Waals surface area contributed by atoms with Gasteiger partial charge in [0.15, 0.2) is 0 Å². The number of amides is 1. The Hall–Kier alpha value is -0.570. The summed E-state index contributed by atoms with van der Waals surface area (Å²) in [6.45, 7) is 6.89. The fraction of sp³-hybridized carbons (Fsp3) is 0.929. The van der Waals surface area contributed by atoms with E-state index in [-0.39, 0.29) is 5.92 Å². The predicted octanol–water partition coefficient (Wildman–Crippen LogP) is 1.78. The van der Waals surface area contributed by atoms with Crippen molar-refractivity contribution in [1.82, 2.24) is 10.2 Å². The number of nitrogens with one attached hydrogen (secondary N) is 1. The van der Waals surface area contributed by atoms with Gasteiger partial charge in [-0.05, 0) is 31.1 Å². The molecule has 4 atom stereocenters. The Balaban J connectivity index is 1.50. The van der Waals surface area contributed by atoms with Crippen LogP contribution in [0.4, 0.5) is 0 Å². The van der Waals surface area contributed by atoms with E-state index < -0.39 is 0 Å². The van der Waals surface area contributed by atoms with E-state index >= 15 is 0 Å². The summed E-state index contributed by atoms with van der Waals surface area (Å²) >= 11 is 0. The molecule has 2 aliphatic heterocycles. The number of fused-ring (bicyclic) bond motifs is 1. The molecular formula is C14H24N2O. The molecule has 1 amide bonds. The van der Waals surface area contributed by atoms with Gasteiger partial charge >= 0.3 is 0 Å². The molecule has 0 radical (unpaired) electrons. The maximum absolute atomic E-state index is 12.2. The second kappa shape index (κ2) is 3.98. The molecule has 3 unspecified atom stereocenters. The van der Waals surface area contributed by atoms with Gasteiger partial charge in [-0.3, -0.25) is 9.69 Å². The van der Waals surface area contributed by atoms with Crippen molar-refractivity contribution < 1.29 is 4.79 Å². The van der Waals surface area contributed by atoms with Crippen molar-refractivity contribution in [2.45, 2.75) is 58.0 Å². The first-order valence-electron chi connectivity index (χ1n) is 7.08. The number of piperidine rings is 1. The molecule has 17 heavy (non-hydrogen) atoms. The molecule has 1 saturated carbocycles. The third-order valence-corrected chi connectivity index (χ3v) is 4.76. The SMILES string of the molecule is CC1(C)CCC[C@H](NC(=O)C2CC3CN3C2)C1. The standard InChI is InChI=1S/C14H24N2O/c1-14(2)5-3-4-11(7-14)15-13(17)10-6-12-9-16(12)8-10/h10-12H,3-9H2,1-2H3,(H,15,17)/t10?,11-,12?,16?/m0/s1. The minimum Gasteiger partial charge on any atom is -0.353 e. The lowest BCUT2D eigenvalue weighted by molar-refractivity contribution is -0.125. The average molecular weight is 236 g/mol. The van der Waals surface area contributed by atoms with Gasteiger partial charge in [0, 0.05) is 25.2 Å². The Kier molecular flexibility index (Phi) is 2.69. The first kappa shape index (κ1) is 11.5. The number of hydrogen-bond acceptors (Lipinski definition) is 2. The fourth-order valence-corrected chi connectivity index (χ4v) is 3.69. The van der Waals surface area contributed by atoms with Gasteiger partial charge in [0.2, 0.25) is 5.91 Å². The van der Waals surface area contributed by atoms with Crippen molar-refractivity contribution >= 4 is 5.91 Å². The van der Waals surface area contributed by atoms with Gasteiger partial charge in [-0.15, -0.1) is 0 Å². The van der Waals surface area contributed by atoms with E-state index in [9.17, 15) is 4.79 Å². The molecule has 0 aromatic heterocycles. The zero-order valence-corrected chi connectivity index (χ0v) is 11.0. The summed E-state index contributed by atoms with van der Waals surface area (Å²) in [6.07, 6.45) is 5.99. The molecule has 0 aromatic carbocycles. The van der Waals surface area contributed by atoms with E-state index in [0.29, 0.717) is 17.4 Å². The Morgan fingerprint density at radius 2 is 2.18 bits per heavy atom. The molecule has 1 aliphatic carbocycles. The Labute approximate surface area is 104 Å². The zero-order valence-electron chi connectivity index (χ0n) is 11.0. The summed E-state index contributed by atoms with van der Waals surface area (Å²) in [4.78, 5) is 14.6. The molecule has 3 aliphatic rings. The third kappa shape index (κ3) is 2.49. The molecule has 3 heteroatoms. The minimum absolute atomic E-state index is 0.277. The van der Waals surface area contributed by atoms with E-state index in [1.54, 1.807) is 0 Å². The van der Waals surface area contributed by atoms with Crippen LogP contribution in [-0.4, -0.2) is 36.0 Å². The van der Waals surface area contributed by atoms with Crippen molar-refractivity contribution in [3.05, 3.63) is 0 Å². The van der Waals surface area contributed by atoms with E-state index in [1.165, 1.54) is 25.8 Å². The summed E-state index contributed by atoms with van der Waals surface area (Å²) < 4.78 is 0. The normalized spacial score (nSPS) is 42.9. The highest BCUT2D eigenvalue weighted by Gasteiger charge is 2.46. The van der Waals surface area contributed by atoms with Crippen LogP contribution >= 0.6 is 0 Å². The van der Waals surface area contributed by atoms with E-state index in [1.807, 2.05) is 0 Å². The molecule has 2 heterocycles. The average Bonchev–Trinajstić information content (AvgIpc) is 2.84. The van der Waals surface area contributed by atoms with Crippen LogP contribution in [0, 0.1) is 11.3 Å². The number of carbonyl (C=O) groups excluding carboxylic acids is 1. The predicted molar refractivity (Wildman–Crippen MR) is 67.6 cm³/mol. The molecule has 2 saturated heterocycles. The first-order chi connectivity index (χ1) is 8.03. The van der Waals surface area contributed by atoms with Gasteiger partial charge in [-0.2, -0.15) is 0 Å². The molecule has 3 nitrogen and oxygen atoms in total. The van der Waals surface area contributed by atoms with Gasteiger partial charge in [0.25, 0.3) is 0 Å². The Morgan fingerprint density at radius 3 is 2.82 bits per heavy atom. The van der Waals surface area contributed by atoms with Gasteiger partial charge < -0.3 is 5.32 Å². The molecule has 0 bridgehead atoms. The maximum atomic E-state index is 12.2. The van der Waals surface area contributed by atoms with Crippen LogP contribution in [0.2, 0.25) is 0 Å². The lowest BCUT2D eigenvalue weighted by atomic mass is 9.75. The van der Waals surface area contributed by atoms with Crippen LogP contribution in [0.3, 0.4) is 0 Å². The van der Waals surface area contributed by atoms with Crippen LogP contribution < -0.4 is 5.32 Å². The second-order valence-corrected chi connectivity index (χ2v) is 7.01. The van der Waals surface area contributed by atoms with Crippen LogP contribution in [0.1, 0.15) is 46.0 Å². The van der Waals surface area contributed by atoms with Gasteiger partial charge in [0.1, 0.15) is 0 Å². The minimum atomic E-state index is 0.277. The topological polar surface area (TPSA) is 32.1 Å². The Morgan fingerprint density at radius 1 is 1.35 bits per heavy atom. The van der Waals surface area contributed by atoms with Crippen molar-refractivity contribution in [3.8, 4) is 0 Å². The van der Waals surface area contributed by atoms with Gasteiger partial charge in [-0.1, -0.05) is 20.3 Å². The second-order valence-electron chi connectivity index (χ2n) is 7.01. The van der Waals surface area contributed by atoms with E-state index in [0.717, 1.165) is 25.4 Å². The quantitative estimate of drug-likeness (QED) is 0.741. The van der Waals surface area contributed by atoms with Crippen molar-refractivity contribution in [3.63, 3.8) is 0 Å². The fourth-order valence-electron chi connectivity index (χ4n) is 3.69. The highest BCUT2D eigenvalue weighted by molar-refractivity contribution is 5.79. The summed E-state index contributed by atoms with van der Waals surface area (Å²) in [5, 5.41) is 3.29.